The van der Waals surface area contributed by atoms with Crippen molar-refractivity contribution in [1.29, 1.82) is 0 Å². The summed E-state index contributed by atoms with van der Waals surface area (Å²) in [4.78, 5) is 31.2. The number of hydrogen-bond donors (Lipinski definition) is 3. The zero-order valence-electron chi connectivity index (χ0n) is 16.0. The van der Waals surface area contributed by atoms with Crippen LogP contribution in [0.4, 0.5) is 0 Å². The maximum Gasteiger partial charge on any atom is 0.280 e. The van der Waals surface area contributed by atoms with Gasteiger partial charge in [0.05, 0.1) is 16.4 Å². The Hall–Kier alpha value is -1.97. The Balaban J connectivity index is 1.74. The van der Waals surface area contributed by atoms with Crippen LogP contribution in [0.3, 0.4) is 0 Å². The molecule has 148 valence electrons. The SMILES string of the molecule is CN(C)C(=O)[C@H]1CC[C@H](CC(N)N)[C@H](NC(=O)c2nc3cn(C)cc3s2)C1. The first-order chi connectivity index (χ1) is 12.7. The monoisotopic (exact) mass is 392 g/mol. The normalized spacial score (nSPS) is 23.0. The second-order valence-electron chi connectivity index (χ2n) is 7.67. The van der Waals surface area contributed by atoms with Crippen LogP contribution in [-0.4, -0.2) is 52.6 Å². The highest BCUT2D eigenvalue weighted by atomic mass is 32.1. The van der Waals surface area contributed by atoms with Gasteiger partial charge >= 0.3 is 0 Å². The van der Waals surface area contributed by atoms with Gasteiger partial charge in [0, 0.05) is 45.5 Å². The van der Waals surface area contributed by atoms with Crippen LogP contribution in [-0.2, 0) is 11.8 Å². The fourth-order valence-corrected chi connectivity index (χ4v) is 4.83. The number of nitrogens with two attached hydrogens (primary N) is 2. The molecule has 2 heterocycles. The minimum atomic E-state index is -0.432. The largest absolute Gasteiger partial charge is 0.354 e. The van der Waals surface area contributed by atoms with E-state index in [9.17, 15) is 9.59 Å². The van der Waals surface area contributed by atoms with Crippen molar-refractivity contribution in [1.82, 2.24) is 19.8 Å². The Bertz CT molecular complexity index is 796. The van der Waals surface area contributed by atoms with Gasteiger partial charge in [-0.2, -0.15) is 0 Å². The summed E-state index contributed by atoms with van der Waals surface area (Å²) in [6, 6.07) is -0.135. The van der Waals surface area contributed by atoms with E-state index in [1.165, 1.54) is 11.3 Å². The number of thiazole rings is 1. The Kier molecular flexibility index (Phi) is 5.83. The van der Waals surface area contributed by atoms with E-state index in [1.807, 2.05) is 24.0 Å². The molecule has 0 saturated heterocycles. The maximum atomic E-state index is 12.8. The highest BCUT2D eigenvalue weighted by Crippen LogP contribution is 2.33. The van der Waals surface area contributed by atoms with Crippen molar-refractivity contribution in [2.24, 2.45) is 30.4 Å². The molecule has 1 saturated carbocycles. The number of hydrogen-bond acceptors (Lipinski definition) is 6. The number of rotatable bonds is 5. The lowest BCUT2D eigenvalue weighted by molar-refractivity contribution is -0.134. The van der Waals surface area contributed by atoms with Gasteiger partial charge in [-0.15, -0.1) is 11.3 Å². The number of nitrogens with one attached hydrogen (secondary N) is 1. The van der Waals surface area contributed by atoms with E-state index in [2.05, 4.69) is 10.3 Å². The molecule has 3 rings (SSSR count). The summed E-state index contributed by atoms with van der Waals surface area (Å²) in [6.45, 7) is 0. The van der Waals surface area contributed by atoms with E-state index >= 15 is 0 Å². The van der Waals surface area contributed by atoms with Gasteiger partial charge in [0.15, 0.2) is 5.01 Å². The second-order valence-corrected chi connectivity index (χ2v) is 8.71. The third-order valence-corrected chi connectivity index (χ3v) is 6.20. The van der Waals surface area contributed by atoms with Crippen LogP contribution >= 0.6 is 11.3 Å². The number of aromatic nitrogens is 2. The van der Waals surface area contributed by atoms with Crippen molar-refractivity contribution in [3.63, 3.8) is 0 Å². The molecule has 2 aromatic heterocycles. The van der Waals surface area contributed by atoms with Gasteiger partial charge in [0.2, 0.25) is 5.91 Å². The van der Waals surface area contributed by atoms with Crippen LogP contribution in [0.25, 0.3) is 10.2 Å². The van der Waals surface area contributed by atoms with Crippen LogP contribution in [0.2, 0.25) is 0 Å². The predicted octanol–water partition coefficient (Wildman–Crippen LogP) is 0.871. The summed E-state index contributed by atoms with van der Waals surface area (Å²) in [5, 5.41) is 3.54. The molecular weight excluding hydrogens is 364 g/mol. The molecule has 1 aliphatic carbocycles. The van der Waals surface area contributed by atoms with Gasteiger partial charge in [-0.1, -0.05) is 0 Å². The van der Waals surface area contributed by atoms with E-state index in [4.69, 9.17) is 11.5 Å². The molecule has 9 heteroatoms. The molecule has 1 aliphatic rings. The Morgan fingerprint density at radius 1 is 1.37 bits per heavy atom. The maximum absolute atomic E-state index is 12.8. The summed E-state index contributed by atoms with van der Waals surface area (Å²) in [5.41, 5.74) is 12.4. The molecule has 0 spiro atoms. The average molecular weight is 393 g/mol. The molecule has 5 N–H and O–H groups in total. The minimum Gasteiger partial charge on any atom is -0.354 e. The van der Waals surface area contributed by atoms with Gasteiger partial charge in [0.1, 0.15) is 0 Å². The average Bonchev–Trinajstić information content (AvgIpc) is 3.12. The highest BCUT2D eigenvalue weighted by Gasteiger charge is 2.36. The number of aryl methyl sites for hydroxylation is 1. The second kappa shape index (κ2) is 7.95. The highest BCUT2D eigenvalue weighted by molar-refractivity contribution is 7.20. The smallest absolute Gasteiger partial charge is 0.280 e. The van der Waals surface area contributed by atoms with E-state index in [0.29, 0.717) is 17.8 Å². The van der Waals surface area contributed by atoms with Gasteiger partial charge in [0.25, 0.3) is 5.91 Å². The number of carbonyl (C=O) groups excluding carboxylic acids is 2. The molecule has 0 bridgehead atoms. The molecule has 3 atom stereocenters. The lowest BCUT2D eigenvalue weighted by atomic mass is 9.76. The third kappa shape index (κ3) is 4.48. The Morgan fingerprint density at radius 2 is 2.11 bits per heavy atom. The molecule has 0 unspecified atom stereocenters. The molecule has 1 fully saturated rings. The van der Waals surface area contributed by atoms with E-state index in [1.54, 1.807) is 19.0 Å². The van der Waals surface area contributed by atoms with Crippen LogP contribution in [0.15, 0.2) is 12.4 Å². The number of amides is 2. The van der Waals surface area contributed by atoms with Crippen molar-refractivity contribution in [2.45, 2.75) is 37.9 Å². The van der Waals surface area contributed by atoms with Crippen molar-refractivity contribution in [2.75, 3.05) is 14.1 Å². The van der Waals surface area contributed by atoms with Gasteiger partial charge in [-0.3, -0.25) is 9.59 Å². The number of carbonyl (C=O) groups is 2. The first kappa shape index (κ1) is 19.8. The molecule has 2 amide bonds. The number of fused-ring (bicyclic) bond motifs is 1. The standard InChI is InChI=1S/C18H28N6O2S/c1-23(2)18(26)11-5-4-10(7-15(19)20)12(6-11)21-16(25)17-22-13-8-24(3)9-14(13)27-17/h8-12,15H,4-7,19-20H2,1-3H3,(H,21,25)/t10-,11+,12-/m1/s1. The van der Waals surface area contributed by atoms with Gasteiger partial charge in [-0.25, -0.2) is 4.98 Å². The topological polar surface area (TPSA) is 119 Å². The minimum absolute atomic E-state index is 0.0906. The van der Waals surface area contributed by atoms with Gasteiger partial charge in [-0.05, 0) is 31.6 Å². The molecule has 2 aromatic rings. The zero-order chi connectivity index (χ0) is 19.7. The Labute approximate surface area is 162 Å². The van der Waals surface area contributed by atoms with Crippen LogP contribution in [0, 0.1) is 11.8 Å². The number of nitrogens with zero attached hydrogens (tertiary/aromatic N) is 3. The predicted molar refractivity (Wildman–Crippen MR) is 106 cm³/mol. The summed E-state index contributed by atoms with van der Waals surface area (Å²) in [5.74, 6) is -0.0222. The first-order valence-corrected chi connectivity index (χ1v) is 10.0. The van der Waals surface area contributed by atoms with Gasteiger partial charge < -0.3 is 26.3 Å². The Morgan fingerprint density at radius 3 is 2.74 bits per heavy atom. The summed E-state index contributed by atoms with van der Waals surface area (Å²) < 4.78 is 2.90. The molecule has 0 aliphatic heterocycles. The fraction of sp³-hybridized carbons (Fsp3) is 0.611. The molecule has 0 aromatic carbocycles. The quantitative estimate of drug-likeness (QED) is 0.652. The molecule has 27 heavy (non-hydrogen) atoms. The van der Waals surface area contributed by atoms with Crippen molar-refractivity contribution in [3.05, 3.63) is 17.4 Å². The lowest BCUT2D eigenvalue weighted by Crippen LogP contribution is -2.49. The lowest BCUT2D eigenvalue weighted by Gasteiger charge is -2.37. The van der Waals surface area contributed by atoms with Crippen LogP contribution in [0.5, 0.6) is 0 Å². The summed E-state index contributed by atoms with van der Waals surface area (Å²) in [7, 11) is 5.45. The molecule has 8 nitrogen and oxygen atoms in total. The summed E-state index contributed by atoms with van der Waals surface area (Å²) in [6.07, 6.45) is 6.25. The van der Waals surface area contributed by atoms with Crippen LogP contribution in [0.1, 0.15) is 35.5 Å². The van der Waals surface area contributed by atoms with E-state index < -0.39 is 6.17 Å². The fourth-order valence-electron chi connectivity index (χ4n) is 3.90. The molecule has 0 radical (unpaired) electrons. The molecular formula is C18H28N6O2S. The third-order valence-electron chi connectivity index (χ3n) is 5.20. The van der Waals surface area contributed by atoms with Crippen molar-refractivity contribution < 1.29 is 9.59 Å². The van der Waals surface area contributed by atoms with E-state index in [-0.39, 0.29) is 29.7 Å². The van der Waals surface area contributed by atoms with E-state index in [0.717, 1.165) is 23.1 Å². The first-order valence-electron chi connectivity index (χ1n) is 9.20. The van der Waals surface area contributed by atoms with Crippen LogP contribution < -0.4 is 16.8 Å². The zero-order valence-corrected chi connectivity index (χ0v) is 16.8. The van der Waals surface area contributed by atoms with Crippen molar-refractivity contribution >= 4 is 33.4 Å². The van der Waals surface area contributed by atoms with Crippen molar-refractivity contribution in [3.8, 4) is 0 Å². The summed E-state index contributed by atoms with van der Waals surface area (Å²) >= 11 is 1.37.